The summed E-state index contributed by atoms with van der Waals surface area (Å²) in [6.45, 7) is 0. The first-order valence-corrected chi connectivity index (χ1v) is 29.4. The van der Waals surface area contributed by atoms with Crippen LogP contribution in [0.2, 0.25) is 0 Å². The molecule has 6 heteroatoms. The van der Waals surface area contributed by atoms with E-state index in [1.54, 1.807) is 0 Å². The molecule has 0 radical (unpaired) electrons. The molecular formula is C80H45N3O3. The van der Waals surface area contributed by atoms with Crippen LogP contribution in [0.5, 0.6) is 0 Å². The molecule has 0 aliphatic carbocycles. The second-order valence-corrected chi connectivity index (χ2v) is 23.2. The van der Waals surface area contributed by atoms with Crippen LogP contribution in [-0.4, -0.2) is 4.40 Å². The van der Waals surface area contributed by atoms with Gasteiger partial charge in [-0.2, -0.15) is 0 Å². The normalized spacial score (nSPS) is 12.4. The lowest BCUT2D eigenvalue weighted by Gasteiger charge is -2.27. The second-order valence-electron chi connectivity index (χ2n) is 23.2. The van der Waals surface area contributed by atoms with Crippen molar-refractivity contribution >= 4 is 192 Å². The molecule has 398 valence electrons. The number of rotatable bonds is 6. The summed E-state index contributed by atoms with van der Waals surface area (Å²) in [6.07, 6.45) is 0. The first kappa shape index (κ1) is 45.9. The maximum Gasteiger partial charge on any atom is 0.143 e. The summed E-state index contributed by atoms with van der Waals surface area (Å²) in [5.41, 5.74) is 14.9. The molecule has 20 aromatic rings. The maximum atomic E-state index is 6.81. The quantitative estimate of drug-likeness (QED) is 0.166. The van der Waals surface area contributed by atoms with Gasteiger partial charge in [-0.1, -0.05) is 152 Å². The van der Waals surface area contributed by atoms with E-state index in [0.29, 0.717) is 0 Å². The average molecular weight is 1100 g/mol. The fraction of sp³-hybridized carbons (Fsp3) is 0. The van der Waals surface area contributed by atoms with Gasteiger partial charge in [-0.05, 0) is 164 Å². The molecule has 0 saturated heterocycles. The number of aromatic nitrogens is 1. The van der Waals surface area contributed by atoms with Crippen LogP contribution in [0, 0.1) is 0 Å². The molecule has 0 spiro atoms. The Hall–Kier alpha value is -11.6. The van der Waals surface area contributed by atoms with Gasteiger partial charge in [0.25, 0.3) is 0 Å². The first-order chi connectivity index (χ1) is 42.6. The molecule has 6 nitrogen and oxygen atoms in total. The van der Waals surface area contributed by atoms with Gasteiger partial charge >= 0.3 is 0 Å². The van der Waals surface area contributed by atoms with Gasteiger partial charge in [-0.15, -0.1) is 0 Å². The van der Waals surface area contributed by atoms with E-state index in [4.69, 9.17) is 13.3 Å². The van der Waals surface area contributed by atoms with Gasteiger partial charge in [0, 0.05) is 93.1 Å². The van der Waals surface area contributed by atoms with E-state index < -0.39 is 0 Å². The van der Waals surface area contributed by atoms with Crippen molar-refractivity contribution in [3.63, 3.8) is 0 Å². The molecule has 0 aliphatic heterocycles. The Morgan fingerprint density at radius 3 is 1.27 bits per heavy atom. The Morgan fingerprint density at radius 1 is 0.233 bits per heavy atom. The number of fused-ring (bicyclic) bond motifs is 22. The van der Waals surface area contributed by atoms with Crippen molar-refractivity contribution < 1.29 is 13.3 Å². The van der Waals surface area contributed by atoms with E-state index in [1.807, 2.05) is 0 Å². The van der Waals surface area contributed by atoms with E-state index in [2.05, 4.69) is 287 Å². The summed E-state index contributed by atoms with van der Waals surface area (Å²) in [5, 5.41) is 22.8. The summed E-state index contributed by atoms with van der Waals surface area (Å²) < 4.78 is 22.7. The monoisotopic (exact) mass is 1100 g/mol. The molecule has 0 fully saturated rings. The van der Waals surface area contributed by atoms with Crippen molar-refractivity contribution in [1.29, 1.82) is 0 Å². The lowest BCUT2D eigenvalue weighted by Crippen LogP contribution is -2.10. The van der Waals surface area contributed by atoms with Crippen LogP contribution in [0.15, 0.2) is 286 Å². The summed E-state index contributed by atoms with van der Waals surface area (Å²) in [4.78, 5) is 4.89. The minimum absolute atomic E-state index is 0.852. The van der Waals surface area contributed by atoms with Gasteiger partial charge in [0.15, 0.2) is 0 Å². The van der Waals surface area contributed by atoms with Crippen molar-refractivity contribution in [2.24, 2.45) is 0 Å². The zero-order chi connectivity index (χ0) is 55.9. The highest BCUT2D eigenvalue weighted by molar-refractivity contribution is 6.32. The summed E-state index contributed by atoms with van der Waals surface area (Å²) in [5.74, 6) is 0. The lowest BCUT2D eigenvalue weighted by molar-refractivity contribution is 0.669. The Morgan fingerprint density at radius 2 is 0.640 bits per heavy atom. The SMILES string of the molecule is c1ccc2cc(N(c3ccc4oc5cc6ccccc6cc5c4c3)c3ccc4c5c(N(c6ccc7ccccc7c6)c6ccc7oc8cc9ccccc9cc8c7c6)ccc6c7ccc8c(ccc9c%10ccccc%10oc98)c7n(c4c3)c65)ccc2c1. The van der Waals surface area contributed by atoms with Crippen molar-refractivity contribution in [2.75, 3.05) is 9.80 Å². The van der Waals surface area contributed by atoms with Gasteiger partial charge in [0.05, 0.1) is 22.2 Å². The van der Waals surface area contributed by atoms with Crippen LogP contribution in [0.4, 0.5) is 34.1 Å². The fourth-order valence-electron chi connectivity index (χ4n) is 14.6. The van der Waals surface area contributed by atoms with Crippen LogP contribution in [0.1, 0.15) is 0 Å². The minimum atomic E-state index is 0.852. The fourth-order valence-corrected chi connectivity index (χ4v) is 14.6. The molecule has 0 saturated carbocycles. The topological polar surface area (TPSA) is 50.3 Å². The average Bonchev–Trinajstić information content (AvgIpc) is 1.72. The lowest BCUT2D eigenvalue weighted by atomic mass is 10.00. The molecule has 5 heterocycles. The second kappa shape index (κ2) is 17.0. The van der Waals surface area contributed by atoms with Crippen molar-refractivity contribution in [1.82, 2.24) is 4.40 Å². The predicted molar refractivity (Wildman–Crippen MR) is 360 cm³/mol. The van der Waals surface area contributed by atoms with Gasteiger partial charge in [0.2, 0.25) is 0 Å². The number of hydrogen-bond donors (Lipinski definition) is 0. The molecule has 0 atom stereocenters. The van der Waals surface area contributed by atoms with E-state index in [1.165, 1.54) is 43.1 Å². The smallest absolute Gasteiger partial charge is 0.143 e. The Bertz CT molecular complexity index is 6320. The van der Waals surface area contributed by atoms with E-state index in [0.717, 1.165) is 149 Å². The highest BCUT2D eigenvalue weighted by atomic mass is 16.3. The van der Waals surface area contributed by atoms with Crippen molar-refractivity contribution in [2.45, 2.75) is 0 Å². The van der Waals surface area contributed by atoms with Crippen LogP contribution >= 0.6 is 0 Å². The van der Waals surface area contributed by atoms with Crippen molar-refractivity contribution in [3.05, 3.63) is 273 Å². The molecule has 5 aromatic heterocycles. The van der Waals surface area contributed by atoms with E-state index >= 15 is 0 Å². The highest BCUT2D eigenvalue weighted by Crippen LogP contribution is 2.52. The minimum Gasteiger partial charge on any atom is -0.456 e. The van der Waals surface area contributed by atoms with Crippen LogP contribution in [-0.2, 0) is 0 Å². The molecule has 0 aliphatic rings. The Labute approximate surface area is 489 Å². The maximum absolute atomic E-state index is 6.81. The number of para-hydroxylation sites is 1. The molecule has 15 aromatic carbocycles. The number of anilines is 6. The van der Waals surface area contributed by atoms with E-state index in [9.17, 15) is 0 Å². The Kier molecular flexibility index (Phi) is 9.09. The summed E-state index contributed by atoms with van der Waals surface area (Å²) >= 11 is 0. The van der Waals surface area contributed by atoms with Gasteiger partial charge in [-0.25, -0.2) is 0 Å². The molecule has 20 rings (SSSR count). The number of nitrogens with zero attached hydrogens (tertiary/aromatic N) is 3. The summed E-state index contributed by atoms with van der Waals surface area (Å²) in [6, 6.07) is 99.6. The molecule has 0 N–H and O–H groups in total. The van der Waals surface area contributed by atoms with Crippen molar-refractivity contribution in [3.8, 4) is 0 Å². The highest BCUT2D eigenvalue weighted by Gasteiger charge is 2.28. The zero-order valence-corrected chi connectivity index (χ0v) is 46.0. The van der Waals surface area contributed by atoms with Crippen LogP contribution in [0.25, 0.3) is 158 Å². The third kappa shape index (κ3) is 6.44. The number of hydrogen-bond acceptors (Lipinski definition) is 5. The Balaban J connectivity index is 0.890. The third-order valence-corrected chi connectivity index (χ3v) is 18.5. The van der Waals surface area contributed by atoms with Gasteiger partial charge in [-0.3, -0.25) is 0 Å². The molecule has 0 unspecified atom stereocenters. The van der Waals surface area contributed by atoms with E-state index in [-0.39, 0.29) is 0 Å². The molecular weight excluding hydrogens is 1050 g/mol. The standard InChI is InChI=1S/C80H45N3O3/c1-3-13-48-37-54(23-21-46(48)11-1)81(56-26-35-73-68(43-56)66-39-50-15-5-7-17-52(50)41-75(66)84-73)58-25-28-65-71(45-58)83-78-60(29-32-64-62(78)30-31-63-59-19-9-10-20-72(59)86-80(63)64)61-33-34-70(77(65)79(61)83)82(55-24-22-47-12-2-4-14-49(47)38-55)57-27-36-74-69(44-57)67-40-51-16-6-8-18-53(51)42-76(67)85-74/h1-45H. The third-order valence-electron chi connectivity index (χ3n) is 18.5. The van der Waals surface area contributed by atoms with Crippen LogP contribution < -0.4 is 9.80 Å². The first-order valence-electron chi connectivity index (χ1n) is 29.4. The molecule has 86 heavy (non-hydrogen) atoms. The zero-order valence-electron chi connectivity index (χ0n) is 46.0. The number of benzene rings is 15. The van der Waals surface area contributed by atoms with Crippen LogP contribution in [0.3, 0.4) is 0 Å². The predicted octanol–water partition coefficient (Wildman–Crippen LogP) is 23.2. The molecule has 0 amide bonds. The number of furan rings is 3. The molecule has 0 bridgehead atoms. The van der Waals surface area contributed by atoms with Gasteiger partial charge in [0.1, 0.15) is 33.5 Å². The van der Waals surface area contributed by atoms with Gasteiger partial charge < -0.3 is 27.5 Å². The summed E-state index contributed by atoms with van der Waals surface area (Å²) in [7, 11) is 0. The largest absolute Gasteiger partial charge is 0.456 e.